The zero-order chi connectivity index (χ0) is 19.7. The smallest absolute Gasteiger partial charge is 0.279 e. The number of fused-ring (bicyclic) bond motifs is 1. The molecule has 2 aromatic rings. The molecule has 0 N–H and O–H groups in total. The maximum Gasteiger partial charge on any atom is 0.279 e. The minimum atomic E-state index is -3.08. The molecular weight excluding hydrogens is 399 g/mol. The van der Waals surface area contributed by atoms with E-state index in [1.165, 1.54) is 23.9 Å². The van der Waals surface area contributed by atoms with Gasteiger partial charge in [0.1, 0.15) is 5.82 Å². The Bertz CT molecular complexity index is 1010. The van der Waals surface area contributed by atoms with E-state index in [9.17, 15) is 17.6 Å². The average Bonchev–Trinajstić information content (AvgIpc) is 3.13. The SMILES string of the molecule is O=C(N=C1S[C@H]2CS(=O)(=O)C[C@H]2N1CCc1ccc(F)cc1)c1ccccc1. The van der Waals surface area contributed by atoms with Crippen molar-refractivity contribution in [3.63, 3.8) is 0 Å². The number of hydrogen-bond donors (Lipinski definition) is 0. The molecule has 2 aliphatic rings. The summed E-state index contributed by atoms with van der Waals surface area (Å²) in [6.07, 6.45) is 0.614. The molecule has 0 aliphatic carbocycles. The van der Waals surface area contributed by atoms with Gasteiger partial charge in [0.25, 0.3) is 5.91 Å². The molecule has 2 atom stereocenters. The number of thioether (sulfide) groups is 1. The minimum Gasteiger partial charge on any atom is -0.346 e. The summed E-state index contributed by atoms with van der Waals surface area (Å²) in [5, 5.41) is 0.460. The molecule has 0 bridgehead atoms. The number of rotatable bonds is 4. The first-order valence-electron chi connectivity index (χ1n) is 8.97. The summed E-state index contributed by atoms with van der Waals surface area (Å²) in [5.41, 5.74) is 1.45. The Morgan fingerprint density at radius 3 is 2.54 bits per heavy atom. The third-order valence-electron chi connectivity index (χ3n) is 4.95. The van der Waals surface area contributed by atoms with Crippen LogP contribution in [-0.2, 0) is 16.3 Å². The van der Waals surface area contributed by atoms with E-state index in [1.807, 2.05) is 11.0 Å². The maximum atomic E-state index is 13.1. The largest absolute Gasteiger partial charge is 0.346 e. The Kier molecular flexibility index (Phi) is 5.25. The number of nitrogens with zero attached hydrogens (tertiary/aromatic N) is 2. The number of benzene rings is 2. The lowest BCUT2D eigenvalue weighted by Crippen LogP contribution is -2.39. The van der Waals surface area contributed by atoms with Crippen LogP contribution in [0.25, 0.3) is 0 Å². The van der Waals surface area contributed by atoms with Gasteiger partial charge in [0.05, 0.1) is 17.5 Å². The zero-order valence-corrected chi connectivity index (χ0v) is 16.6. The lowest BCUT2D eigenvalue weighted by Gasteiger charge is -2.24. The third-order valence-corrected chi connectivity index (χ3v) is 8.20. The van der Waals surface area contributed by atoms with Gasteiger partial charge in [-0.2, -0.15) is 4.99 Å². The summed E-state index contributed by atoms with van der Waals surface area (Å²) in [4.78, 5) is 18.7. The van der Waals surface area contributed by atoms with E-state index < -0.39 is 9.84 Å². The number of hydrogen-bond acceptors (Lipinski definition) is 4. The van der Waals surface area contributed by atoms with Gasteiger partial charge in [-0.3, -0.25) is 4.79 Å². The van der Waals surface area contributed by atoms with Gasteiger partial charge < -0.3 is 4.90 Å². The topological polar surface area (TPSA) is 66.8 Å². The number of aliphatic imine (C=N–C) groups is 1. The van der Waals surface area contributed by atoms with Gasteiger partial charge in [-0.1, -0.05) is 42.1 Å². The monoisotopic (exact) mass is 418 g/mol. The molecule has 2 fully saturated rings. The van der Waals surface area contributed by atoms with Gasteiger partial charge in [0.2, 0.25) is 0 Å². The first-order valence-corrected chi connectivity index (χ1v) is 11.7. The number of halogens is 1. The van der Waals surface area contributed by atoms with Crippen molar-refractivity contribution in [2.75, 3.05) is 18.1 Å². The van der Waals surface area contributed by atoms with Crippen LogP contribution in [0.15, 0.2) is 59.6 Å². The molecule has 0 unspecified atom stereocenters. The third kappa shape index (κ3) is 4.12. The molecular formula is C20H19FN2O3S2. The van der Waals surface area contributed by atoms with Gasteiger partial charge >= 0.3 is 0 Å². The standard InChI is InChI=1S/C20H19FN2O3S2/c21-16-8-6-14(7-9-16)10-11-23-17-12-28(25,26)13-18(17)27-20(23)22-19(24)15-4-2-1-3-5-15/h1-9,17-18H,10-13H2/t17-,18+/m1/s1. The van der Waals surface area contributed by atoms with Crippen molar-refractivity contribution in [3.8, 4) is 0 Å². The van der Waals surface area contributed by atoms with E-state index in [2.05, 4.69) is 4.99 Å². The molecule has 28 heavy (non-hydrogen) atoms. The molecule has 8 heteroatoms. The second-order valence-corrected chi connectivity index (χ2v) is 10.3. The van der Waals surface area contributed by atoms with Gasteiger partial charge in [-0.15, -0.1) is 0 Å². The maximum absolute atomic E-state index is 13.1. The normalized spacial score (nSPS) is 24.5. The van der Waals surface area contributed by atoms with Crippen molar-refractivity contribution < 1.29 is 17.6 Å². The highest BCUT2D eigenvalue weighted by Gasteiger charge is 2.48. The molecule has 2 aromatic carbocycles. The number of amides is 1. The highest BCUT2D eigenvalue weighted by molar-refractivity contribution is 8.15. The van der Waals surface area contributed by atoms with Crippen molar-refractivity contribution in [2.45, 2.75) is 17.7 Å². The molecule has 0 aromatic heterocycles. The average molecular weight is 419 g/mol. The summed E-state index contributed by atoms with van der Waals surface area (Å²) < 4.78 is 37.2. The molecule has 0 spiro atoms. The molecule has 146 valence electrons. The van der Waals surface area contributed by atoms with E-state index in [4.69, 9.17) is 0 Å². The molecule has 2 aliphatic heterocycles. The van der Waals surface area contributed by atoms with Gasteiger partial charge in [-0.25, -0.2) is 12.8 Å². The van der Waals surface area contributed by atoms with Crippen LogP contribution in [0.1, 0.15) is 15.9 Å². The second-order valence-electron chi connectivity index (χ2n) is 6.94. The van der Waals surface area contributed by atoms with E-state index in [0.717, 1.165) is 5.56 Å². The van der Waals surface area contributed by atoms with E-state index in [1.54, 1.807) is 36.4 Å². The fourth-order valence-corrected chi connectivity index (χ4v) is 7.51. The molecule has 1 amide bonds. The summed E-state index contributed by atoms with van der Waals surface area (Å²) in [6, 6.07) is 14.9. The van der Waals surface area contributed by atoms with Crippen LogP contribution in [0.4, 0.5) is 4.39 Å². The van der Waals surface area contributed by atoms with Crippen LogP contribution >= 0.6 is 11.8 Å². The first-order chi connectivity index (χ1) is 13.4. The van der Waals surface area contributed by atoms with Crippen molar-refractivity contribution >= 4 is 32.7 Å². The fraction of sp³-hybridized carbons (Fsp3) is 0.300. The number of sulfone groups is 1. The second kappa shape index (κ2) is 7.67. The molecule has 0 saturated carbocycles. The highest BCUT2D eigenvalue weighted by Crippen LogP contribution is 2.38. The molecule has 2 heterocycles. The van der Waals surface area contributed by atoms with Gasteiger partial charge in [0.15, 0.2) is 15.0 Å². The first kappa shape index (κ1) is 19.1. The lowest BCUT2D eigenvalue weighted by atomic mass is 10.1. The Morgan fingerprint density at radius 2 is 1.82 bits per heavy atom. The zero-order valence-electron chi connectivity index (χ0n) is 15.0. The van der Waals surface area contributed by atoms with Crippen molar-refractivity contribution in [2.24, 2.45) is 4.99 Å². The van der Waals surface area contributed by atoms with Gasteiger partial charge in [-0.05, 0) is 36.2 Å². The van der Waals surface area contributed by atoms with E-state index >= 15 is 0 Å². The summed E-state index contributed by atoms with van der Waals surface area (Å²) in [6.45, 7) is 0.524. The quantitative estimate of drug-likeness (QED) is 0.764. The van der Waals surface area contributed by atoms with Crippen LogP contribution in [0.2, 0.25) is 0 Å². The Hall–Kier alpha value is -2.19. The van der Waals surface area contributed by atoms with Crippen molar-refractivity contribution in [1.29, 1.82) is 0 Å². The Labute approximate surface area is 167 Å². The minimum absolute atomic E-state index is 0.0760. The van der Waals surface area contributed by atoms with Crippen LogP contribution in [0.5, 0.6) is 0 Å². The number of carbonyl (C=O) groups excluding carboxylic acids is 1. The van der Waals surface area contributed by atoms with E-state index in [-0.39, 0.29) is 34.5 Å². The summed E-state index contributed by atoms with van der Waals surface area (Å²) in [5.74, 6) is -0.448. The molecule has 0 radical (unpaired) electrons. The van der Waals surface area contributed by atoms with Crippen LogP contribution < -0.4 is 0 Å². The predicted molar refractivity (Wildman–Crippen MR) is 109 cm³/mol. The Morgan fingerprint density at radius 1 is 1.11 bits per heavy atom. The summed E-state index contributed by atoms with van der Waals surface area (Å²) >= 11 is 1.37. The number of carbonyl (C=O) groups is 1. The molecule has 4 rings (SSSR count). The Balaban J connectivity index is 1.57. The van der Waals surface area contributed by atoms with Crippen molar-refractivity contribution in [1.82, 2.24) is 4.90 Å². The summed E-state index contributed by atoms with van der Waals surface area (Å²) in [7, 11) is -3.08. The van der Waals surface area contributed by atoms with Crippen molar-refractivity contribution in [3.05, 3.63) is 71.5 Å². The number of amidine groups is 1. The predicted octanol–water partition coefficient (Wildman–Crippen LogP) is 2.78. The van der Waals surface area contributed by atoms with Crippen LogP contribution in [0.3, 0.4) is 0 Å². The molecule has 2 saturated heterocycles. The van der Waals surface area contributed by atoms with Crippen LogP contribution in [0, 0.1) is 5.82 Å². The molecule has 5 nitrogen and oxygen atoms in total. The fourth-order valence-electron chi connectivity index (χ4n) is 3.53. The van der Waals surface area contributed by atoms with E-state index in [0.29, 0.717) is 23.7 Å². The van der Waals surface area contributed by atoms with Gasteiger partial charge in [0, 0.05) is 17.4 Å². The highest BCUT2D eigenvalue weighted by atomic mass is 32.2. The van der Waals surface area contributed by atoms with Crippen LogP contribution in [-0.4, -0.2) is 53.7 Å². The lowest BCUT2D eigenvalue weighted by molar-refractivity contribution is 0.100.